The van der Waals surface area contributed by atoms with Gasteiger partial charge in [0, 0.05) is 0 Å². The molecular formula is C9H8N2O2S. The molecule has 2 aromatic heterocycles. The van der Waals surface area contributed by atoms with E-state index in [-0.39, 0.29) is 5.97 Å². The van der Waals surface area contributed by atoms with Crippen LogP contribution in [0.1, 0.15) is 17.4 Å². The number of thiophene rings is 1. The van der Waals surface area contributed by atoms with Gasteiger partial charge in [0.25, 0.3) is 0 Å². The van der Waals surface area contributed by atoms with Crippen molar-refractivity contribution in [3.8, 4) is 0 Å². The third-order valence-corrected chi connectivity index (χ3v) is 2.62. The highest BCUT2D eigenvalue weighted by Crippen LogP contribution is 2.21. The lowest BCUT2D eigenvalue weighted by molar-refractivity contribution is 0.0522. The fraction of sp³-hybridized carbons (Fsp3) is 0.222. The molecule has 0 atom stereocenters. The maximum atomic E-state index is 11.5. The first-order valence-corrected chi connectivity index (χ1v) is 5.06. The molecule has 0 spiro atoms. The molecule has 2 rings (SSSR count). The number of esters is 1. The second kappa shape index (κ2) is 3.71. The highest BCUT2D eigenvalue weighted by atomic mass is 32.1. The highest BCUT2D eigenvalue weighted by molar-refractivity contribution is 7.17. The summed E-state index contributed by atoms with van der Waals surface area (Å²) in [6, 6.07) is 1.85. The molecule has 0 bridgehead atoms. The Labute approximate surface area is 84.6 Å². The van der Waals surface area contributed by atoms with E-state index in [4.69, 9.17) is 4.74 Å². The van der Waals surface area contributed by atoms with Gasteiger partial charge in [0.2, 0.25) is 0 Å². The molecule has 2 heterocycles. The minimum Gasteiger partial charge on any atom is -0.461 e. The number of hydrogen-bond donors (Lipinski definition) is 0. The van der Waals surface area contributed by atoms with E-state index in [0.29, 0.717) is 12.3 Å². The molecule has 0 aliphatic rings. The van der Waals surface area contributed by atoms with Crippen LogP contribution in [0.15, 0.2) is 17.8 Å². The molecule has 5 heteroatoms. The van der Waals surface area contributed by atoms with Crippen LogP contribution in [0.3, 0.4) is 0 Å². The molecule has 0 saturated heterocycles. The smallest absolute Gasteiger partial charge is 0.358 e. The summed E-state index contributed by atoms with van der Waals surface area (Å²) in [7, 11) is 0. The summed E-state index contributed by atoms with van der Waals surface area (Å²) in [5.74, 6) is -0.387. The zero-order chi connectivity index (χ0) is 9.97. The Morgan fingerprint density at radius 1 is 1.57 bits per heavy atom. The molecule has 0 radical (unpaired) electrons. The van der Waals surface area contributed by atoms with E-state index in [0.717, 1.165) is 10.2 Å². The van der Waals surface area contributed by atoms with Crippen LogP contribution in [-0.4, -0.2) is 22.5 Å². The van der Waals surface area contributed by atoms with Crippen molar-refractivity contribution in [2.45, 2.75) is 6.92 Å². The van der Waals surface area contributed by atoms with Gasteiger partial charge in [0.1, 0.15) is 6.33 Å². The van der Waals surface area contributed by atoms with Crippen LogP contribution in [0.2, 0.25) is 0 Å². The van der Waals surface area contributed by atoms with Gasteiger partial charge in [-0.3, -0.25) is 0 Å². The Balaban J connectivity index is 2.50. The topological polar surface area (TPSA) is 52.1 Å². The van der Waals surface area contributed by atoms with Crippen molar-refractivity contribution in [2.24, 2.45) is 0 Å². The van der Waals surface area contributed by atoms with Gasteiger partial charge in [-0.1, -0.05) is 0 Å². The summed E-state index contributed by atoms with van der Waals surface area (Å²) >= 11 is 1.44. The fourth-order valence-corrected chi connectivity index (χ4v) is 1.96. The number of nitrogens with zero attached hydrogens (tertiary/aromatic N) is 2. The van der Waals surface area contributed by atoms with Crippen LogP contribution in [0.4, 0.5) is 0 Å². The minimum atomic E-state index is -0.387. The number of hydrogen-bond acceptors (Lipinski definition) is 5. The van der Waals surface area contributed by atoms with Crippen molar-refractivity contribution in [1.82, 2.24) is 9.97 Å². The van der Waals surface area contributed by atoms with E-state index >= 15 is 0 Å². The van der Waals surface area contributed by atoms with E-state index in [1.54, 1.807) is 6.92 Å². The van der Waals surface area contributed by atoms with Crippen molar-refractivity contribution in [1.29, 1.82) is 0 Å². The lowest BCUT2D eigenvalue weighted by Crippen LogP contribution is -2.07. The second-order valence-corrected chi connectivity index (χ2v) is 3.49. The van der Waals surface area contributed by atoms with Crippen molar-refractivity contribution >= 4 is 27.5 Å². The van der Waals surface area contributed by atoms with Crippen LogP contribution in [0.5, 0.6) is 0 Å². The van der Waals surface area contributed by atoms with Gasteiger partial charge in [-0.15, -0.1) is 11.3 Å². The molecule has 0 aliphatic carbocycles. The van der Waals surface area contributed by atoms with Gasteiger partial charge < -0.3 is 4.74 Å². The quantitative estimate of drug-likeness (QED) is 0.707. The lowest BCUT2D eigenvalue weighted by Gasteiger charge is -2.00. The van der Waals surface area contributed by atoms with Crippen molar-refractivity contribution in [3.63, 3.8) is 0 Å². The van der Waals surface area contributed by atoms with E-state index in [1.807, 2.05) is 11.4 Å². The molecule has 0 fully saturated rings. The number of carbonyl (C=O) groups is 1. The number of aromatic nitrogens is 2. The minimum absolute atomic E-state index is 0.354. The highest BCUT2D eigenvalue weighted by Gasteiger charge is 2.13. The molecule has 2 aromatic rings. The molecular weight excluding hydrogens is 200 g/mol. The second-order valence-electron chi connectivity index (χ2n) is 2.58. The van der Waals surface area contributed by atoms with Crippen LogP contribution in [0.25, 0.3) is 10.2 Å². The molecule has 0 N–H and O–H groups in total. The van der Waals surface area contributed by atoms with Crippen LogP contribution in [-0.2, 0) is 4.74 Å². The normalized spacial score (nSPS) is 10.4. The maximum absolute atomic E-state index is 11.5. The molecule has 0 aliphatic heterocycles. The Bertz CT molecular complexity index is 467. The van der Waals surface area contributed by atoms with E-state index < -0.39 is 0 Å². The summed E-state index contributed by atoms with van der Waals surface area (Å²) < 4.78 is 5.67. The monoisotopic (exact) mass is 208 g/mol. The molecule has 14 heavy (non-hydrogen) atoms. The summed E-state index contributed by atoms with van der Waals surface area (Å²) in [4.78, 5) is 19.4. The van der Waals surface area contributed by atoms with Gasteiger partial charge in [0.15, 0.2) is 5.69 Å². The molecule has 0 aromatic carbocycles. The largest absolute Gasteiger partial charge is 0.461 e. The summed E-state index contributed by atoms with van der Waals surface area (Å²) in [6.45, 7) is 2.13. The first-order chi connectivity index (χ1) is 6.83. The first-order valence-electron chi connectivity index (χ1n) is 4.18. The predicted octanol–water partition coefficient (Wildman–Crippen LogP) is 1.87. The number of fused-ring (bicyclic) bond motifs is 1. The molecule has 4 nitrogen and oxygen atoms in total. The molecule has 72 valence electrons. The van der Waals surface area contributed by atoms with E-state index in [2.05, 4.69) is 9.97 Å². The lowest BCUT2D eigenvalue weighted by atomic mass is 10.3. The van der Waals surface area contributed by atoms with Gasteiger partial charge >= 0.3 is 5.97 Å². The fourth-order valence-electron chi connectivity index (χ4n) is 1.13. The third kappa shape index (κ3) is 1.46. The molecule has 0 amide bonds. The van der Waals surface area contributed by atoms with Crippen LogP contribution < -0.4 is 0 Å². The maximum Gasteiger partial charge on any atom is 0.358 e. The zero-order valence-corrected chi connectivity index (χ0v) is 8.37. The predicted molar refractivity (Wildman–Crippen MR) is 53.4 cm³/mol. The first kappa shape index (κ1) is 9.08. The van der Waals surface area contributed by atoms with Crippen LogP contribution in [0, 0.1) is 0 Å². The van der Waals surface area contributed by atoms with Crippen molar-refractivity contribution < 1.29 is 9.53 Å². The van der Waals surface area contributed by atoms with Gasteiger partial charge in [-0.05, 0) is 18.4 Å². The number of carbonyl (C=O) groups excluding carboxylic acids is 1. The number of ether oxygens (including phenoxy) is 1. The SMILES string of the molecule is CCOC(=O)c1ncnc2ccsc12. The Morgan fingerprint density at radius 2 is 2.43 bits per heavy atom. The Morgan fingerprint density at radius 3 is 3.21 bits per heavy atom. The standard InChI is InChI=1S/C9H8N2O2S/c1-2-13-9(12)7-8-6(3-4-14-8)10-5-11-7/h3-5H,2H2,1H3. The van der Waals surface area contributed by atoms with Crippen molar-refractivity contribution in [2.75, 3.05) is 6.61 Å². The van der Waals surface area contributed by atoms with Crippen molar-refractivity contribution in [3.05, 3.63) is 23.5 Å². The summed E-state index contributed by atoms with van der Waals surface area (Å²) in [6.07, 6.45) is 1.38. The molecule has 0 saturated carbocycles. The average Bonchev–Trinajstić information content (AvgIpc) is 2.65. The number of rotatable bonds is 2. The Hall–Kier alpha value is -1.49. The van der Waals surface area contributed by atoms with E-state index in [1.165, 1.54) is 17.7 Å². The van der Waals surface area contributed by atoms with Gasteiger partial charge in [0.05, 0.1) is 16.8 Å². The summed E-state index contributed by atoms with van der Waals surface area (Å²) in [5.41, 5.74) is 1.14. The summed E-state index contributed by atoms with van der Waals surface area (Å²) in [5, 5.41) is 1.88. The average molecular weight is 208 g/mol. The van der Waals surface area contributed by atoms with Crippen LogP contribution >= 0.6 is 11.3 Å². The van der Waals surface area contributed by atoms with Gasteiger partial charge in [-0.25, -0.2) is 14.8 Å². The van der Waals surface area contributed by atoms with Gasteiger partial charge in [-0.2, -0.15) is 0 Å². The Kier molecular flexibility index (Phi) is 2.41. The van der Waals surface area contributed by atoms with E-state index in [9.17, 15) is 4.79 Å². The third-order valence-electron chi connectivity index (χ3n) is 1.71. The zero-order valence-electron chi connectivity index (χ0n) is 7.56. The molecule has 0 unspecified atom stereocenters.